The molecule has 2 nitrogen and oxygen atoms in total. The van der Waals surface area contributed by atoms with E-state index in [1.807, 2.05) is 24.3 Å². The van der Waals surface area contributed by atoms with Crippen molar-refractivity contribution in [1.82, 2.24) is 5.32 Å². The molecule has 1 rings (SSSR count). The van der Waals surface area contributed by atoms with Crippen LogP contribution < -0.4 is 5.32 Å². The summed E-state index contributed by atoms with van der Waals surface area (Å²) in [6.07, 6.45) is 0.760. The van der Waals surface area contributed by atoms with Gasteiger partial charge in [0, 0.05) is 11.6 Å². The Balaban J connectivity index is 2.35. The van der Waals surface area contributed by atoms with Crippen LogP contribution in [0.5, 0.6) is 0 Å². The predicted molar refractivity (Wildman–Crippen MR) is 63.5 cm³/mol. The number of halogens is 2. The quantitative estimate of drug-likeness (QED) is 0.813. The molecule has 0 aliphatic carbocycles. The molecule has 0 bridgehead atoms. The average molecular weight is 246 g/mol. The molecular formula is C11H13Cl2NO. The van der Waals surface area contributed by atoms with Crippen LogP contribution in [0.15, 0.2) is 24.3 Å². The third-order valence-corrected chi connectivity index (χ3v) is 2.40. The van der Waals surface area contributed by atoms with Gasteiger partial charge in [0.15, 0.2) is 0 Å². The van der Waals surface area contributed by atoms with Gasteiger partial charge in [0.2, 0.25) is 5.91 Å². The SMILES string of the molecule is CC(Cl)C(=O)NCCc1cccc(Cl)c1. The van der Waals surface area contributed by atoms with E-state index in [1.54, 1.807) is 6.92 Å². The van der Waals surface area contributed by atoms with Crippen LogP contribution >= 0.6 is 23.2 Å². The smallest absolute Gasteiger partial charge is 0.237 e. The summed E-state index contributed by atoms with van der Waals surface area (Å²) in [4.78, 5) is 11.1. The minimum Gasteiger partial charge on any atom is -0.354 e. The van der Waals surface area contributed by atoms with Crippen molar-refractivity contribution >= 4 is 29.1 Å². The minimum absolute atomic E-state index is 0.140. The number of rotatable bonds is 4. The van der Waals surface area contributed by atoms with Gasteiger partial charge >= 0.3 is 0 Å². The van der Waals surface area contributed by atoms with Gasteiger partial charge in [0.05, 0.1) is 0 Å². The molecular weight excluding hydrogens is 233 g/mol. The summed E-state index contributed by atoms with van der Waals surface area (Å²) in [7, 11) is 0. The van der Waals surface area contributed by atoms with Crippen LogP contribution in [0.4, 0.5) is 0 Å². The highest BCUT2D eigenvalue weighted by atomic mass is 35.5. The topological polar surface area (TPSA) is 29.1 Å². The minimum atomic E-state index is -0.482. The average Bonchev–Trinajstić information content (AvgIpc) is 2.17. The van der Waals surface area contributed by atoms with E-state index in [4.69, 9.17) is 23.2 Å². The lowest BCUT2D eigenvalue weighted by Crippen LogP contribution is -2.31. The Morgan fingerprint density at radius 1 is 1.53 bits per heavy atom. The number of hydrogen-bond donors (Lipinski definition) is 1. The van der Waals surface area contributed by atoms with Crippen molar-refractivity contribution in [2.75, 3.05) is 6.54 Å². The van der Waals surface area contributed by atoms with Crippen molar-refractivity contribution in [2.24, 2.45) is 0 Å². The van der Waals surface area contributed by atoms with E-state index >= 15 is 0 Å². The second-order valence-electron chi connectivity index (χ2n) is 3.29. The summed E-state index contributed by atoms with van der Waals surface area (Å²) < 4.78 is 0. The molecule has 82 valence electrons. The van der Waals surface area contributed by atoms with E-state index in [1.165, 1.54) is 0 Å². The first-order valence-electron chi connectivity index (χ1n) is 4.76. The van der Waals surface area contributed by atoms with Gasteiger partial charge in [-0.3, -0.25) is 4.79 Å². The normalized spacial score (nSPS) is 12.2. The molecule has 1 aromatic rings. The summed E-state index contributed by atoms with van der Waals surface area (Å²) in [6.45, 7) is 2.23. The standard InChI is InChI=1S/C11H13Cl2NO/c1-8(12)11(15)14-6-5-9-3-2-4-10(13)7-9/h2-4,7-8H,5-6H2,1H3,(H,14,15). The summed E-state index contributed by atoms with van der Waals surface area (Å²) >= 11 is 11.4. The molecule has 1 aromatic carbocycles. The molecule has 1 atom stereocenters. The van der Waals surface area contributed by atoms with Gasteiger partial charge in [-0.25, -0.2) is 0 Å². The third kappa shape index (κ3) is 4.54. The lowest BCUT2D eigenvalue weighted by atomic mass is 10.1. The molecule has 0 heterocycles. The van der Waals surface area contributed by atoms with Crippen LogP contribution in [0.25, 0.3) is 0 Å². The second kappa shape index (κ2) is 5.99. The van der Waals surface area contributed by atoms with E-state index in [0.29, 0.717) is 11.6 Å². The zero-order valence-corrected chi connectivity index (χ0v) is 9.98. The maximum Gasteiger partial charge on any atom is 0.237 e. The van der Waals surface area contributed by atoms with Gasteiger partial charge < -0.3 is 5.32 Å². The molecule has 0 fully saturated rings. The van der Waals surface area contributed by atoms with Gasteiger partial charge in [-0.2, -0.15) is 0 Å². The number of alkyl halides is 1. The fraction of sp³-hybridized carbons (Fsp3) is 0.364. The van der Waals surface area contributed by atoms with E-state index in [-0.39, 0.29) is 5.91 Å². The molecule has 0 saturated carbocycles. The molecule has 1 N–H and O–H groups in total. The maximum absolute atomic E-state index is 11.1. The van der Waals surface area contributed by atoms with Crippen molar-refractivity contribution in [3.05, 3.63) is 34.9 Å². The molecule has 0 spiro atoms. The monoisotopic (exact) mass is 245 g/mol. The first-order valence-corrected chi connectivity index (χ1v) is 5.57. The first kappa shape index (κ1) is 12.3. The van der Waals surface area contributed by atoms with Crippen molar-refractivity contribution < 1.29 is 4.79 Å². The molecule has 0 radical (unpaired) electrons. The van der Waals surface area contributed by atoms with E-state index < -0.39 is 5.38 Å². The zero-order chi connectivity index (χ0) is 11.3. The van der Waals surface area contributed by atoms with Gasteiger partial charge in [-0.15, -0.1) is 11.6 Å². The van der Waals surface area contributed by atoms with Crippen LogP contribution in [-0.2, 0) is 11.2 Å². The second-order valence-corrected chi connectivity index (χ2v) is 4.38. The van der Waals surface area contributed by atoms with E-state index in [9.17, 15) is 4.79 Å². The van der Waals surface area contributed by atoms with Crippen LogP contribution in [0, 0.1) is 0 Å². The molecule has 0 aromatic heterocycles. The molecule has 4 heteroatoms. The summed E-state index contributed by atoms with van der Waals surface area (Å²) in [5, 5.41) is 2.97. The van der Waals surface area contributed by atoms with Crippen molar-refractivity contribution in [2.45, 2.75) is 18.7 Å². The number of carbonyl (C=O) groups is 1. The maximum atomic E-state index is 11.1. The third-order valence-electron chi connectivity index (χ3n) is 1.96. The highest BCUT2D eigenvalue weighted by Gasteiger charge is 2.07. The molecule has 0 aliphatic rings. The van der Waals surface area contributed by atoms with E-state index in [2.05, 4.69) is 5.32 Å². The van der Waals surface area contributed by atoms with Crippen molar-refractivity contribution in [1.29, 1.82) is 0 Å². The number of nitrogens with one attached hydrogen (secondary N) is 1. The van der Waals surface area contributed by atoms with Crippen molar-refractivity contribution in [3.8, 4) is 0 Å². The predicted octanol–water partition coefficient (Wildman–Crippen LogP) is 2.63. The number of amides is 1. The van der Waals surface area contributed by atoms with Crippen LogP contribution in [0.3, 0.4) is 0 Å². The summed E-state index contributed by atoms with van der Waals surface area (Å²) in [5.41, 5.74) is 1.10. The van der Waals surface area contributed by atoms with Gasteiger partial charge in [-0.05, 0) is 31.0 Å². The lowest BCUT2D eigenvalue weighted by Gasteiger charge is -2.06. The Kier molecular flexibility index (Phi) is 4.92. The van der Waals surface area contributed by atoms with Crippen LogP contribution in [-0.4, -0.2) is 17.8 Å². The first-order chi connectivity index (χ1) is 7.09. The van der Waals surface area contributed by atoms with Crippen molar-refractivity contribution in [3.63, 3.8) is 0 Å². The molecule has 15 heavy (non-hydrogen) atoms. The highest BCUT2D eigenvalue weighted by molar-refractivity contribution is 6.30. The number of hydrogen-bond acceptors (Lipinski definition) is 1. The Morgan fingerprint density at radius 2 is 2.27 bits per heavy atom. The number of benzene rings is 1. The molecule has 0 saturated heterocycles. The fourth-order valence-electron chi connectivity index (χ4n) is 1.16. The van der Waals surface area contributed by atoms with Gasteiger partial charge in [-0.1, -0.05) is 23.7 Å². The lowest BCUT2D eigenvalue weighted by molar-refractivity contribution is -0.120. The molecule has 1 amide bonds. The van der Waals surface area contributed by atoms with Crippen LogP contribution in [0.1, 0.15) is 12.5 Å². The Morgan fingerprint density at radius 3 is 2.87 bits per heavy atom. The van der Waals surface area contributed by atoms with Gasteiger partial charge in [0.25, 0.3) is 0 Å². The Hall–Kier alpha value is -0.730. The zero-order valence-electron chi connectivity index (χ0n) is 8.47. The van der Waals surface area contributed by atoms with E-state index in [0.717, 1.165) is 12.0 Å². The summed E-state index contributed by atoms with van der Waals surface area (Å²) in [5.74, 6) is -0.140. The Bertz CT molecular complexity index is 339. The van der Waals surface area contributed by atoms with Gasteiger partial charge in [0.1, 0.15) is 5.38 Å². The molecule has 0 aliphatic heterocycles. The summed E-state index contributed by atoms with van der Waals surface area (Å²) in [6, 6.07) is 7.58. The van der Waals surface area contributed by atoms with Crippen LogP contribution in [0.2, 0.25) is 5.02 Å². The highest BCUT2D eigenvalue weighted by Crippen LogP contribution is 2.10. The number of carbonyl (C=O) groups excluding carboxylic acids is 1. The molecule has 1 unspecified atom stereocenters. The fourth-order valence-corrected chi connectivity index (χ4v) is 1.45. The Labute approximate surface area is 99.6 Å². The largest absolute Gasteiger partial charge is 0.354 e.